The highest BCUT2D eigenvalue weighted by molar-refractivity contribution is 5.13. The van der Waals surface area contributed by atoms with Crippen LogP contribution in [0.25, 0.3) is 0 Å². The normalized spacial score (nSPS) is 42.3. The van der Waals surface area contributed by atoms with Gasteiger partial charge >= 0.3 is 0 Å². The third kappa shape index (κ3) is 2.41. The van der Waals surface area contributed by atoms with E-state index in [0.717, 1.165) is 0 Å². The van der Waals surface area contributed by atoms with Crippen molar-refractivity contribution in [3.05, 3.63) is 12.2 Å². The molecule has 1 aliphatic rings. The highest BCUT2D eigenvalue weighted by Crippen LogP contribution is 2.49. The van der Waals surface area contributed by atoms with Gasteiger partial charge in [-0.15, -0.1) is 0 Å². The number of hydrogen-bond acceptors (Lipinski definition) is 3. The zero-order valence-corrected chi connectivity index (χ0v) is 9.94. The molecule has 15 heavy (non-hydrogen) atoms. The number of aliphatic hydroxyl groups excluding tert-OH is 2. The third-order valence-electron chi connectivity index (χ3n) is 3.52. The van der Waals surface area contributed by atoms with Crippen molar-refractivity contribution < 1.29 is 15.3 Å². The first-order valence-electron chi connectivity index (χ1n) is 5.45. The van der Waals surface area contributed by atoms with Crippen molar-refractivity contribution in [2.45, 2.75) is 51.9 Å². The van der Waals surface area contributed by atoms with E-state index in [2.05, 4.69) is 0 Å². The van der Waals surface area contributed by atoms with Gasteiger partial charge in [0.2, 0.25) is 0 Å². The molecule has 1 saturated carbocycles. The lowest BCUT2D eigenvalue weighted by molar-refractivity contribution is 0.0182. The third-order valence-corrected chi connectivity index (χ3v) is 3.52. The van der Waals surface area contributed by atoms with Crippen molar-refractivity contribution >= 4 is 0 Å². The summed E-state index contributed by atoms with van der Waals surface area (Å²) in [6.45, 7) is 7.29. The molecule has 1 rings (SSSR count). The first-order valence-corrected chi connectivity index (χ1v) is 5.45. The first kappa shape index (κ1) is 12.7. The summed E-state index contributed by atoms with van der Waals surface area (Å²) in [6.07, 6.45) is 2.85. The van der Waals surface area contributed by atoms with E-state index in [1.807, 2.05) is 19.9 Å². The molecule has 88 valence electrons. The Hall–Kier alpha value is -0.380. The van der Waals surface area contributed by atoms with Crippen LogP contribution in [0.15, 0.2) is 12.2 Å². The van der Waals surface area contributed by atoms with Gasteiger partial charge in [-0.05, 0) is 19.3 Å². The summed E-state index contributed by atoms with van der Waals surface area (Å²) in [7, 11) is 0. The Kier molecular flexibility index (Phi) is 3.29. The minimum absolute atomic E-state index is 0.130. The standard InChI is InChI=1S/C12H22O3/c1-8(13)5-6-9-11(2,3)10(14)7-12(9,4)15/h5-6,8-10,13-15H,7H2,1-4H3/b6-5+. The molecule has 1 fully saturated rings. The fraction of sp³-hybridized carbons (Fsp3) is 0.833. The molecule has 0 amide bonds. The van der Waals surface area contributed by atoms with Crippen LogP contribution in [0.2, 0.25) is 0 Å². The van der Waals surface area contributed by atoms with Crippen LogP contribution >= 0.6 is 0 Å². The molecule has 0 aromatic heterocycles. The molecule has 0 spiro atoms. The molecule has 0 heterocycles. The minimum atomic E-state index is -0.895. The molecular weight excluding hydrogens is 192 g/mol. The van der Waals surface area contributed by atoms with E-state index >= 15 is 0 Å². The SMILES string of the molecule is CC(O)/C=C/C1C(C)(O)CC(O)C1(C)C. The van der Waals surface area contributed by atoms with E-state index in [1.54, 1.807) is 19.9 Å². The molecule has 3 nitrogen and oxygen atoms in total. The lowest BCUT2D eigenvalue weighted by Crippen LogP contribution is -2.35. The Labute approximate surface area is 91.4 Å². The van der Waals surface area contributed by atoms with E-state index in [4.69, 9.17) is 0 Å². The summed E-state index contributed by atoms with van der Waals surface area (Å²) in [5, 5.41) is 29.2. The average molecular weight is 214 g/mol. The zero-order chi connectivity index (χ0) is 11.9. The molecule has 4 unspecified atom stereocenters. The smallest absolute Gasteiger partial charge is 0.0712 e. The summed E-state index contributed by atoms with van der Waals surface area (Å²) in [6, 6.07) is 0. The predicted octanol–water partition coefficient (Wildman–Crippen LogP) is 1.08. The maximum absolute atomic E-state index is 10.2. The van der Waals surface area contributed by atoms with Gasteiger partial charge in [-0.2, -0.15) is 0 Å². The van der Waals surface area contributed by atoms with Gasteiger partial charge in [0.05, 0.1) is 17.8 Å². The van der Waals surface area contributed by atoms with Crippen molar-refractivity contribution in [2.75, 3.05) is 0 Å². The first-order chi connectivity index (χ1) is 6.68. The molecule has 0 aliphatic heterocycles. The number of aliphatic hydroxyl groups is 3. The van der Waals surface area contributed by atoms with Crippen LogP contribution in [-0.4, -0.2) is 33.1 Å². The second kappa shape index (κ2) is 3.89. The zero-order valence-electron chi connectivity index (χ0n) is 9.94. The van der Waals surface area contributed by atoms with Gasteiger partial charge in [0.25, 0.3) is 0 Å². The van der Waals surface area contributed by atoms with E-state index in [9.17, 15) is 15.3 Å². The Balaban J connectivity index is 2.92. The molecular formula is C12H22O3. The Morgan fingerprint density at radius 3 is 2.20 bits per heavy atom. The Bertz CT molecular complexity index is 254. The lowest BCUT2D eigenvalue weighted by atomic mass is 9.76. The molecule has 0 bridgehead atoms. The quantitative estimate of drug-likeness (QED) is 0.603. The summed E-state index contributed by atoms with van der Waals surface area (Å²) in [4.78, 5) is 0. The van der Waals surface area contributed by atoms with E-state index < -0.39 is 17.8 Å². The van der Waals surface area contributed by atoms with Gasteiger partial charge < -0.3 is 15.3 Å². The minimum Gasteiger partial charge on any atom is -0.392 e. The van der Waals surface area contributed by atoms with Crippen molar-refractivity contribution in [3.63, 3.8) is 0 Å². The molecule has 1 aliphatic carbocycles. The molecule has 4 atom stereocenters. The van der Waals surface area contributed by atoms with Crippen molar-refractivity contribution in [1.29, 1.82) is 0 Å². The Morgan fingerprint density at radius 1 is 1.33 bits per heavy atom. The van der Waals surface area contributed by atoms with Gasteiger partial charge in [0.15, 0.2) is 0 Å². The predicted molar refractivity (Wildman–Crippen MR) is 59.3 cm³/mol. The highest BCUT2D eigenvalue weighted by atomic mass is 16.3. The summed E-state index contributed by atoms with van der Waals surface area (Å²) in [5.41, 5.74) is -1.25. The topological polar surface area (TPSA) is 60.7 Å². The van der Waals surface area contributed by atoms with Crippen LogP contribution in [0.5, 0.6) is 0 Å². The average Bonchev–Trinajstić information content (AvgIpc) is 2.15. The monoisotopic (exact) mass is 214 g/mol. The van der Waals surface area contributed by atoms with Gasteiger partial charge in [-0.25, -0.2) is 0 Å². The van der Waals surface area contributed by atoms with Crippen molar-refractivity contribution in [2.24, 2.45) is 11.3 Å². The molecule has 0 saturated heterocycles. The summed E-state index contributed by atoms with van der Waals surface area (Å²) < 4.78 is 0. The molecule has 0 aromatic carbocycles. The Morgan fingerprint density at radius 2 is 1.87 bits per heavy atom. The maximum atomic E-state index is 10.2. The van der Waals surface area contributed by atoms with Gasteiger partial charge in [0.1, 0.15) is 0 Å². The summed E-state index contributed by atoms with van der Waals surface area (Å²) >= 11 is 0. The number of hydrogen-bond donors (Lipinski definition) is 3. The van der Waals surface area contributed by atoms with Crippen LogP contribution in [0.4, 0.5) is 0 Å². The van der Waals surface area contributed by atoms with Crippen molar-refractivity contribution in [1.82, 2.24) is 0 Å². The molecule has 0 radical (unpaired) electrons. The van der Waals surface area contributed by atoms with E-state index in [0.29, 0.717) is 6.42 Å². The fourth-order valence-corrected chi connectivity index (χ4v) is 2.52. The van der Waals surface area contributed by atoms with Crippen LogP contribution in [0.3, 0.4) is 0 Å². The van der Waals surface area contributed by atoms with Crippen LogP contribution in [-0.2, 0) is 0 Å². The largest absolute Gasteiger partial charge is 0.392 e. The molecule has 3 heteroatoms. The van der Waals surface area contributed by atoms with Crippen LogP contribution < -0.4 is 0 Å². The van der Waals surface area contributed by atoms with E-state index in [1.165, 1.54) is 0 Å². The fourth-order valence-electron chi connectivity index (χ4n) is 2.52. The lowest BCUT2D eigenvalue weighted by Gasteiger charge is -2.32. The summed E-state index contributed by atoms with van der Waals surface area (Å²) in [5.74, 6) is -0.130. The van der Waals surface area contributed by atoms with E-state index in [-0.39, 0.29) is 11.3 Å². The molecule has 3 N–H and O–H groups in total. The van der Waals surface area contributed by atoms with Crippen LogP contribution in [0.1, 0.15) is 34.1 Å². The highest BCUT2D eigenvalue weighted by Gasteiger charge is 2.53. The van der Waals surface area contributed by atoms with Crippen molar-refractivity contribution in [3.8, 4) is 0 Å². The second-order valence-corrected chi connectivity index (χ2v) is 5.50. The maximum Gasteiger partial charge on any atom is 0.0712 e. The van der Waals surface area contributed by atoms with Gasteiger partial charge in [-0.1, -0.05) is 26.0 Å². The molecule has 0 aromatic rings. The number of rotatable bonds is 2. The van der Waals surface area contributed by atoms with Gasteiger partial charge in [-0.3, -0.25) is 0 Å². The second-order valence-electron chi connectivity index (χ2n) is 5.50. The van der Waals surface area contributed by atoms with Gasteiger partial charge in [0, 0.05) is 12.3 Å². The van der Waals surface area contributed by atoms with Crippen LogP contribution in [0, 0.1) is 11.3 Å².